The van der Waals surface area contributed by atoms with Crippen molar-refractivity contribution in [3.05, 3.63) is 29.8 Å². The molecule has 0 saturated carbocycles. The molecule has 1 aromatic carbocycles. The van der Waals surface area contributed by atoms with E-state index in [-0.39, 0.29) is 0 Å². The zero-order valence-corrected chi connectivity index (χ0v) is 10.7. The Balaban J connectivity index is 1.93. The summed E-state index contributed by atoms with van der Waals surface area (Å²) in [5.41, 5.74) is 1.14. The first-order chi connectivity index (χ1) is 7.55. The molecule has 1 aromatic rings. The van der Waals surface area contributed by atoms with Gasteiger partial charge in [-0.1, -0.05) is 24.3 Å². The molecule has 88 valence electrons. The van der Waals surface area contributed by atoms with Crippen molar-refractivity contribution in [2.75, 3.05) is 26.4 Å². The zero-order chi connectivity index (χ0) is 11.6. The van der Waals surface area contributed by atoms with Crippen LogP contribution in [0.15, 0.2) is 24.3 Å². The number of hydrogen-bond donors (Lipinski definition) is 1. The predicted molar refractivity (Wildman–Crippen MR) is 67.0 cm³/mol. The first-order valence-electron chi connectivity index (χ1n) is 5.52. The molecule has 0 aromatic heterocycles. The summed E-state index contributed by atoms with van der Waals surface area (Å²) in [6.07, 6.45) is 0.364. The molecule has 3 nitrogen and oxygen atoms in total. The number of nitrogens with one attached hydrogen (secondary N) is 1. The van der Waals surface area contributed by atoms with Gasteiger partial charge in [0.05, 0.1) is 12.7 Å². The van der Waals surface area contributed by atoms with Gasteiger partial charge in [-0.15, -0.1) is 0 Å². The molecule has 1 saturated heterocycles. The van der Waals surface area contributed by atoms with E-state index in [0.29, 0.717) is 12.7 Å². The fourth-order valence-electron chi connectivity index (χ4n) is 1.55. The van der Waals surface area contributed by atoms with Crippen LogP contribution in [0.2, 0.25) is 0 Å². The number of ether oxygens (including phenoxy) is 1. The van der Waals surface area contributed by atoms with Gasteiger partial charge in [0.1, 0.15) is 7.14 Å². The summed E-state index contributed by atoms with van der Waals surface area (Å²) in [6.45, 7) is 6.13. The average molecular weight is 239 g/mol. The number of hydrogen-bond acceptors (Lipinski definition) is 3. The molecule has 1 N–H and O–H groups in total. The van der Waals surface area contributed by atoms with Crippen LogP contribution in [-0.2, 0) is 15.9 Å². The minimum atomic E-state index is -2.12. The van der Waals surface area contributed by atoms with Crippen LogP contribution in [0.4, 0.5) is 0 Å². The molecular formula is C12H18NO2P. The maximum atomic E-state index is 11.8. The van der Waals surface area contributed by atoms with Crippen molar-refractivity contribution < 1.29 is 9.30 Å². The van der Waals surface area contributed by atoms with Crippen molar-refractivity contribution in [2.24, 2.45) is 0 Å². The largest absolute Gasteiger partial charge is 0.371 e. The normalized spacial score (nSPS) is 17.1. The summed E-state index contributed by atoms with van der Waals surface area (Å²) in [7, 11) is -2.12. The van der Waals surface area contributed by atoms with E-state index in [1.54, 1.807) is 13.3 Å². The highest BCUT2D eigenvalue weighted by atomic mass is 31.2. The van der Waals surface area contributed by atoms with Crippen LogP contribution in [-0.4, -0.2) is 32.5 Å². The third-order valence-corrected chi connectivity index (χ3v) is 4.33. The molecule has 1 heterocycles. The van der Waals surface area contributed by atoms with Crippen molar-refractivity contribution in [3.63, 3.8) is 0 Å². The molecular weight excluding hydrogens is 221 g/mol. The third-order valence-electron chi connectivity index (χ3n) is 2.79. The molecule has 0 atom stereocenters. The zero-order valence-electron chi connectivity index (χ0n) is 9.77. The van der Waals surface area contributed by atoms with Gasteiger partial charge in [-0.25, -0.2) is 0 Å². The molecule has 0 aliphatic carbocycles. The van der Waals surface area contributed by atoms with Gasteiger partial charge in [0.15, 0.2) is 0 Å². The highest BCUT2D eigenvalue weighted by Crippen LogP contribution is 2.34. The van der Waals surface area contributed by atoms with E-state index in [9.17, 15) is 4.57 Å². The lowest BCUT2D eigenvalue weighted by Gasteiger charge is -2.27. The Bertz CT molecular complexity index is 392. The number of rotatable bonds is 4. The van der Waals surface area contributed by atoms with E-state index in [1.165, 1.54) is 0 Å². The lowest BCUT2D eigenvalue weighted by atomic mass is 10.2. The summed E-state index contributed by atoms with van der Waals surface area (Å²) in [4.78, 5) is 0. The first kappa shape index (κ1) is 11.8. The van der Waals surface area contributed by atoms with Gasteiger partial charge in [0, 0.05) is 18.4 Å². The summed E-state index contributed by atoms with van der Waals surface area (Å²) < 4.78 is 17.5. The maximum Gasteiger partial charge on any atom is 0.109 e. The number of benzene rings is 1. The van der Waals surface area contributed by atoms with Gasteiger partial charge >= 0.3 is 0 Å². The lowest BCUT2D eigenvalue weighted by Crippen LogP contribution is -2.48. The molecule has 4 heteroatoms. The van der Waals surface area contributed by atoms with Crippen LogP contribution >= 0.6 is 7.14 Å². The van der Waals surface area contributed by atoms with Crippen molar-refractivity contribution >= 4 is 12.4 Å². The van der Waals surface area contributed by atoms with Gasteiger partial charge in [0.25, 0.3) is 0 Å². The fourth-order valence-corrected chi connectivity index (χ4v) is 2.41. The van der Waals surface area contributed by atoms with Gasteiger partial charge < -0.3 is 14.6 Å². The van der Waals surface area contributed by atoms with Crippen LogP contribution < -0.4 is 10.6 Å². The SMILES string of the molecule is CP(C)(=O)c1ccc(COC2CNC2)cc1. The molecule has 1 aliphatic rings. The highest BCUT2D eigenvalue weighted by Gasteiger charge is 2.17. The van der Waals surface area contributed by atoms with Crippen LogP contribution in [0, 0.1) is 0 Å². The Morgan fingerprint density at radius 1 is 1.31 bits per heavy atom. The van der Waals surface area contributed by atoms with Gasteiger partial charge in [0.2, 0.25) is 0 Å². The molecule has 0 unspecified atom stereocenters. The minimum Gasteiger partial charge on any atom is -0.371 e. The van der Waals surface area contributed by atoms with Gasteiger partial charge in [-0.3, -0.25) is 0 Å². The summed E-state index contributed by atoms with van der Waals surface area (Å²) >= 11 is 0. The topological polar surface area (TPSA) is 38.3 Å². The van der Waals surface area contributed by atoms with E-state index in [4.69, 9.17) is 4.74 Å². The van der Waals surface area contributed by atoms with Gasteiger partial charge in [-0.2, -0.15) is 0 Å². The highest BCUT2D eigenvalue weighted by molar-refractivity contribution is 7.70. The fraction of sp³-hybridized carbons (Fsp3) is 0.500. The van der Waals surface area contributed by atoms with E-state index in [1.807, 2.05) is 24.3 Å². The van der Waals surface area contributed by atoms with Crippen LogP contribution in [0.3, 0.4) is 0 Å². The second kappa shape index (κ2) is 4.70. The quantitative estimate of drug-likeness (QED) is 0.808. The lowest BCUT2D eigenvalue weighted by molar-refractivity contribution is 0.00759. The van der Waals surface area contributed by atoms with E-state index >= 15 is 0 Å². The van der Waals surface area contributed by atoms with Crippen LogP contribution in [0.25, 0.3) is 0 Å². The standard InChI is InChI=1S/C12H18NO2P/c1-16(2,14)12-5-3-10(4-6-12)9-15-11-7-13-8-11/h3-6,11,13H,7-9H2,1-2H3. The van der Waals surface area contributed by atoms with Crippen molar-refractivity contribution in [3.8, 4) is 0 Å². The molecule has 0 spiro atoms. The second-order valence-corrected chi connectivity index (χ2v) is 7.83. The molecule has 0 amide bonds. The second-order valence-electron chi connectivity index (χ2n) is 4.61. The molecule has 1 aliphatic heterocycles. The first-order valence-corrected chi connectivity index (χ1v) is 8.12. The summed E-state index contributed by atoms with van der Waals surface area (Å²) in [5, 5.41) is 4.10. The molecule has 16 heavy (non-hydrogen) atoms. The predicted octanol–water partition coefficient (Wildman–Crippen LogP) is 1.42. The van der Waals surface area contributed by atoms with Crippen molar-refractivity contribution in [1.82, 2.24) is 5.32 Å². The molecule has 1 fully saturated rings. The van der Waals surface area contributed by atoms with Gasteiger partial charge in [-0.05, 0) is 18.9 Å². The maximum absolute atomic E-state index is 11.8. The molecule has 0 bridgehead atoms. The molecule has 0 radical (unpaired) electrons. The average Bonchev–Trinajstić information content (AvgIpc) is 2.15. The Labute approximate surface area is 96.6 Å². The van der Waals surface area contributed by atoms with E-state index in [0.717, 1.165) is 24.0 Å². The monoisotopic (exact) mass is 239 g/mol. The van der Waals surface area contributed by atoms with E-state index in [2.05, 4.69) is 5.32 Å². The van der Waals surface area contributed by atoms with Crippen molar-refractivity contribution in [1.29, 1.82) is 0 Å². The Kier molecular flexibility index (Phi) is 3.48. The smallest absolute Gasteiger partial charge is 0.109 e. The summed E-state index contributed by atoms with van der Waals surface area (Å²) in [5.74, 6) is 0. The van der Waals surface area contributed by atoms with Crippen LogP contribution in [0.1, 0.15) is 5.56 Å². The minimum absolute atomic E-state index is 0.364. The Morgan fingerprint density at radius 2 is 1.94 bits per heavy atom. The Morgan fingerprint density at radius 3 is 2.38 bits per heavy atom. The third kappa shape index (κ3) is 2.94. The van der Waals surface area contributed by atoms with Crippen molar-refractivity contribution in [2.45, 2.75) is 12.7 Å². The summed E-state index contributed by atoms with van der Waals surface area (Å²) in [6, 6.07) is 7.89. The molecule has 2 rings (SSSR count). The van der Waals surface area contributed by atoms with Crippen LogP contribution in [0.5, 0.6) is 0 Å². The van der Waals surface area contributed by atoms with E-state index < -0.39 is 7.14 Å². The Hall–Kier alpha value is -0.630.